The van der Waals surface area contributed by atoms with Crippen molar-refractivity contribution in [2.75, 3.05) is 0 Å². The van der Waals surface area contributed by atoms with Crippen LogP contribution < -0.4 is 0 Å². The fraction of sp³-hybridized carbons (Fsp3) is 0.318. The van der Waals surface area contributed by atoms with Gasteiger partial charge in [0, 0.05) is 6.54 Å². The summed E-state index contributed by atoms with van der Waals surface area (Å²) >= 11 is 0. The molecular weight excluding hydrogens is 310 g/mol. The number of carbonyl (C=O) groups excluding carboxylic acids is 1. The van der Waals surface area contributed by atoms with Gasteiger partial charge in [-0.15, -0.1) is 0 Å². The van der Waals surface area contributed by atoms with Gasteiger partial charge in [-0.05, 0) is 23.6 Å². The first-order valence-corrected chi connectivity index (χ1v) is 9.00. The highest BCUT2D eigenvalue weighted by Crippen LogP contribution is 2.35. The van der Waals surface area contributed by atoms with Crippen molar-refractivity contribution in [2.45, 2.75) is 38.8 Å². The number of unbranched alkanes of at least 4 members (excludes halogenated alkanes) is 1. The summed E-state index contributed by atoms with van der Waals surface area (Å²) in [7, 11) is 0. The van der Waals surface area contributed by atoms with Crippen LogP contribution in [0.2, 0.25) is 0 Å². The van der Waals surface area contributed by atoms with E-state index >= 15 is 0 Å². The predicted octanol–water partition coefficient (Wildman–Crippen LogP) is 5.02. The molecule has 25 heavy (non-hydrogen) atoms. The Morgan fingerprint density at radius 1 is 1.00 bits per heavy atom. The summed E-state index contributed by atoms with van der Waals surface area (Å²) in [6.07, 6.45) is 4.49. The van der Waals surface area contributed by atoms with Gasteiger partial charge in [-0.1, -0.05) is 80.4 Å². The molecule has 0 radical (unpaired) electrons. The lowest BCUT2D eigenvalue weighted by molar-refractivity contribution is -0.139. The molecule has 1 amide bonds. The molecule has 0 spiro atoms. The minimum atomic E-state index is -0.413. The normalized spacial score (nSPS) is 20.4. The number of rotatable bonds is 6. The van der Waals surface area contributed by atoms with E-state index in [1.165, 1.54) is 0 Å². The Morgan fingerprint density at radius 3 is 2.28 bits per heavy atom. The van der Waals surface area contributed by atoms with Crippen LogP contribution in [0.5, 0.6) is 0 Å². The molecule has 0 saturated carbocycles. The molecule has 3 rings (SSSR count). The topological polar surface area (TPSA) is 40.5 Å². The van der Waals surface area contributed by atoms with Gasteiger partial charge in [-0.2, -0.15) is 0 Å². The second kappa shape index (κ2) is 8.02. The van der Waals surface area contributed by atoms with E-state index in [0.29, 0.717) is 13.0 Å². The van der Waals surface area contributed by atoms with Crippen molar-refractivity contribution in [3.8, 4) is 0 Å². The summed E-state index contributed by atoms with van der Waals surface area (Å²) < 4.78 is 0. The molecule has 2 atom stereocenters. The number of carbonyl (C=O) groups is 1. The molecule has 0 bridgehead atoms. The first kappa shape index (κ1) is 17.3. The molecule has 0 saturated heterocycles. The van der Waals surface area contributed by atoms with Crippen LogP contribution in [-0.4, -0.2) is 15.9 Å². The smallest absolute Gasteiger partial charge is 0.234 e. The summed E-state index contributed by atoms with van der Waals surface area (Å²) in [6, 6.07) is 19.7. The quantitative estimate of drug-likeness (QED) is 0.805. The molecule has 1 aliphatic heterocycles. The maximum atomic E-state index is 13.2. The van der Waals surface area contributed by atoms with E-state index < -0.39 is 5.92 Å². The van der Waals surface area contributed by atoms with Gasteiger partial charge in [0.1, 0.15) is 5.76 Å². The summed E-state index contributed by atoms with van der Waals surface area (Å²) in [5.74, 6) is -0.175. The maximum absolute atomic E-state index is 13.2. The lowest BCUT2D eigenvalue weighted by atomic mass is 9.89. The third-order valence-corrected chi connectivity index (χ3v) is 4.79. The second-order valence-electron chi connectivity index (χ2n) is 6.59. The van der Waals surface area contributed by atoms with Gasteiger partial charge in [-0.25, -0.2) is 0 Å². The molecule has 2 aromatic carbocycles. The minimum absolute atomic E-state index is 0.0196. The van der Waals surface area contributed by atoms with E-state index in [0.717, 1.165) is 24.0 Å². The summed E-state index contributed by atoms with van der Waals surface area (Å²) in [4.78, 5) is 15.0. The Hall–Kier alpha value is -2.55. The summed E-state index contributed by atoms with van der Waals surface area (Å²) in [6.45, 7) is 2.65. The van der Waals surface area contributed by atoms with Crippen molar-refractivity contribution in [3.63, 3.8) is 0 Å². The first-order valence-electron chi connectivity index (χ1n) is 9.00. The van der Waals surface area contributed by atoms with Crippen LogP contribution in [0.1, 0.15) is 43.4 Å². The van der Waals surface area contributed by atoms with Gasteiger partial charge < -0.3 is 10.0 Å². The zero-order valence-electron chi connectivity index (χ0n) is 14.6. The van der Waals surface area contributed by atoms with Crippen molar-refractivity contribution in [1.29, 1.82) is 0 Å². The molecule has 3 heteroatoms. The number of aliphatic hydroxyl groups excluding tert-OH is 1. The molecule has 2 aromatic rings. The van der Waals surface area contributed by atoms with Crippen LogP contribution in [-0.2, 0) is 11.3 Å². The average Bonchev–Trinajstić information content (AvgIpc) is 2.65. The SMILES string of the molecule is CCCCC1C(=O)N(Cc2ccccc2)C(c2ccccc2)C=C1O. The molecule has 3 nitrogen and oxygen atoms in total. The maximum Gasteiger partial charge on any atom is 0.234 e. The third kappa shape index (κ3) is 3.93. The van der Waals surface area contributed by atoms with Crippen LogP contribution >= 0.6 is 0 Å². The van der Waals surface area contributed by atoms with Gasteiger partial charge in [0.25, 0.3) is 0 Å². The monoisotopic (exact) mass is 335 g/mol. The fourth-order valence-electron chi connectivity index (χ4n) is 3.39. The highest BCUT2D eigenvalue weighted by molar-refractivity contribution is 5.83. The molecule has 1 heterocycles. The number of amides is 1. The van der Waals surface area contributed by atoms with Crippen LogP contribution in [0.4, 0.5) is 0 Å². The van der Waals surface area contributed by atoms with Crippen LogP contribution in [0, 0.1) is 5.92 Å². The molecule has 1 N–H and O–H groups in total. The molecular formula is C22H25NO2. The Bertz CT molecular complexity index is 724. The van der Waals surface area contributed by atoms with Crippen molar-refractivity contribution >= 4 is 5.91 Å². The molecule has 2 unspecified atom stereocenters. The molecule has 0 aromatic heterocycles. The van der Waals surface area contributed by atoms with Crippen molar-refractivity contribution in [2.24, 2.45) is 5.92 Å². The lowest BCUT2D eigenvalue weighted by Crippen LogP contribution is -2.42. The zero-order chi connectivity index (χ0) is 17.6. The molecule has 130 valence electrons. The van der Waals surface area contributed by atoms with Crippen LogP contribution in [0.3, 0.4) is 0 Å². The van der Waals surface area contributed by atoms with E-state index in [1.54, 1.807) is 0 Å². The van der Waals surface area contributed by atoms with E-state index in [4.69, 9.17) is 0 Å². The number of aliphatic hydroxyl groups is 1. The molecule has 1 aliphatic rings. The number of hydrogen-bond acceptors (Lipinski definition) is 2. The van der Waals surface area contributed by atoms with E-state index in [1.807, 2.05) is 71.6 Å². The zero-order valence-corrected chi connectivity index (χ0v) is 14.6. The molecule has 0 aliphatic carbocycles. The Morgan fingerprint density at radius 2 is 1.64 bits per heavy atom. The van der Waals surface area contributed by atoms with E-state index in [-0.39, 0.29) is 17.7 Å². The second-order valence-corrected chi connectivity index (χ2v) is 6.59. The van der Waals surface area contributed by atoms with E-state index in [9.17, 15) is 9.90 Å². The van der Waals surface area contributed by atoms with Gasteiger partial charge in [0.15, 0.2) is 0 Å². The standard InChI is InChI=1S/C22H25NO2/c1-2-3-14-19-21(24)15-20(18-12-8-5-9-13-18)23(22(19)25)16-17-10-6-4-7-11-17/h4-13,15,19-20,24H,2-3,14,16H2,1H3. The molecule has 0 fully saturated rings. The van der Waals surface area contributed by atoms with Gasteiger partial charge >= 0.3 is 0 Å². The lowest BCUT2D eigenvalue weighted by Gasteiger charge is -2.37. The Balaban J connectivity index is 1.95. The predicted molar refractivity (Wildman–Crippen MR) is 99.9 cm³/mol. The van der Waals surface area contributed by atoms with Crippen molar-refractivity contribution in [1.82, 2.24) is 4.90 Å². The van der Waals surface area contributed by atoms with Crippen molar-refractivity contribution < 1.29 is 9.90 Å². The first-order chi connectivity index (χ1) is 12.2. The van der Waals surface area contributed by atoms with Gasteiger partial charge in [0.05, 0.1) is 12.0 Å². The largest absolute Gasteiger partial charge is 0.512 e. The Kier molecular flexibility index (Phi) is 5.54. The van der Waals surface area contributed by atoms with Crippen molar-refractivity contribution in [3.05, 3.63) is 83.6 Å². The summed E-state index contributed by atoms with van der Waals surface area (Å²) in [5.41, 5.74) is 2.12. The Labute approximate surface area is 149 Å². The minimum Gasteiger partial charge on any atom is -0.512 e. The van der Waals surface area contributed by atoms with E-state index in [2.05, 4.69) is 6.92 Å². The highest BCUT2D eigenvalue weighted by atomic mass is 16.3. The van der Waals surface area contributed by atoms with Crippen LogP contribution in [0.15, 0.2) is 72.5 Å². The van der Waals surface area contributed by atoms with Gasteiger partial charge in [-0.3, -0.25) is 4.79 Å². The number of nitrogens with zero attached hydrogens (tertiary/aromatic N) is 1. The summed E-state index contributed by atoms with van der Waals surface area (Å²) in [5, 5.41) is 10.5. The number of benzene rings is 2. The number of hydrogen-bond donors (Lipinski definition) is 1. The highest BCUT2D eigenvalue weighted by Gasteiger charge is 2.36. The fourth-order valence-corrected chi connectivity index (χ4v) is 3.39. The third-order valence-electron chi connectivity index (χ3n) is 4.79. The van der Waals surface area contributed by atoms with Crippen LogP contribution in [0.25, 0.3) is 0 Å². The van der Waals surface area contributed by atoms with Gasteiger partial charge in [0.2, 0.25) is 5.91 Å². The average molecular weight is 335 g/mol.